The Hall–Kier alpha value is -1.79. The van der Waals surface area contributed by atoms with Gasteiger partial charge in [-0.2, -0.15) is 0 Å². The fourth-order valence-corrected chi connectivity index (χ4v) is 3.08. The number of hydrogen-bond acceptors (Lipinski definition) is 9. The van der Waals surface area contributed by atoms with Gasteiger partial charge in [-0.3, -0.25) is 14.4 Å². The first kappa shape index (κ1) is 28.2. The molecule has 1 saturated carbocycles. The molecule has 1 heterocycles. The third-order valence-corrected chi connectivity index (χ3v) is 5.14. The molecule has 0 radical (unpaired) electrons. The van der Waals surface area contributed by atoms with Crippen LogP contribution in [0.1, 0.15) is 39.5 Å². The number of methoxy groups -OCH3 is 1. The van der Waals surface area contributed by atoms with Crippen LogP contribution in [0.25, 0.3) is 0 Å². The number of aliphatic hydroxyl groups is 2. The van der Waals surface area contributed by atoms with E-state index >= 15 is 0 Å². The molecule has 1 aliphatic carbocycles. The average Bonchev–Trinajstić information content (AvgIpc) is 3.55. The maximum Gasteiger partial charge on any atom is 0.309 e. The highest BCUT2D eigenvalue weighted by molar-refractivity contribution is 5.77. The third kappa shape index (κ3) is 11.2. The molecule has 2 aliphatic rings. The van der Waals surface area contributed by atoms with Crippen molar-refractivity contribution in [1.29, 1.82) is 0 Å². The van der Waals surface area contributed by atoms with Crippen LogP contribution in [0.3, 0.4) is 0 Å². The number of carbonyl (C=O) groups excluding carboxylic acids is 3. The number of nitrogens with one attached hydrogen (secondary N) is 2. The maximum absolute atomic E-state index is 11.1. The van der Waals surface area contributed by atoms with Crippen LogP contribution in [-0.2, 0) is 33.3 Å². The molecule has 186 valence electrons. The predicted octanol–water partition coefficient (Wildman–Crippen LogP) is -0.666. The van der Waals surface area contributed by atoms with Gasteiger partial charge in [-0.15, -0.1) is 0 Å². The van der Waals surface area contributed by atoms with Gasteiger partial charge in [-0.25, -0.2) is 0 Å². The summed E-state index contributed by atoms with van der Waals surface area (Å²) in [4.78, 5) is 32.1. The second-order valence-corrected chi connectivity index (χ2v) is 7.81. The molecule has 0 aromatic carbocycles. The highest BCUT2D eigenvalue weighted by Crippen LogP contribution is 2.38. The van der Waals surface area contributed by atoms with E-state index in [0.717, 1.165) is 12.8 Å². The van der Waals surface area contributed by atoms with E-state index in [2.05, 4.69) is 15.4 Å². The van der Waals surface area contributed by atoms with Gasteiger partial charge in [0.05, 0.1) is 45.1 Å². The van der Waals surface area contributed by atoms with E-state index in [1.807, 2.05) is 6.92 Å². The van der Waals surface area contributed by atoms with Crippen molar-refractivity contribution < 1.29 is 43.5 Å². The Morgan fingerprint density at radius 2 is 1.91 bits per heavy atom. The van der Waals surface area contributed by atoms with Crippen LogP contribution in [0.4, 0.5) is 0 Å². The normalized spacial score (nSPS) is 28.7. The highest BCUT2D eigenvalue weighted by Gasteiger charge is 2.43. The molecule has 2 amide bonds. The van der Waals surface area contributed by atoms with E-state index in [1.165, 1.54) is 7.11 Å². The van der Waals surface area contributed by atoms with Crippen molar-refractivity contribution in [2.75, 3.05) is 40.0 Å². The van der Waals surface area contributed by atoms with Crippen molar-refractivity contribution in [1.82, 2.24) is 10.6 Å². The van der Waals surface area contributed by atoms with Crippen molar-refractivity contribution in [3.8, 4) is 0 Å². The molecule has 0 bridgehead atoms. The highest BCUT2D eigenvalue weighted by atomic mass is 16.7. The molecule has 4 unspecified atom stereocenters. The Morgan fingerprint density at radius 1 is 1.16 bits per heavy atom. The maximum atomic E-state index is 11.1. The van der Waals surface area contributed by atoms with Gasteiger partial charge in [0, 0.05) is 25.9 Å². The number of hydrogen-bond donors (Lipinski definition) is 4. The second-order valence-electron chi connectivity index (χ2n) is 7.81. The van der Waals surface area contributed by atoms with E-state index in [-0.39, 0.29) is 36.9 Å². The van der Waals surface area contributed by atoms with E-state index in [1.54, 1.807) is 6.92 Å². The van der Waals surface area contributed by atoms with Crippen molar-refractivity contribution in [3.63, 3.8) is 0 Å². The molecule has 1 aliphatic heterocycles. The summed E-state index contributed by atoms with van der Waals surface area (Å²) in [6.07, 6.45) is 0.565. The Morgan fingerprint density at radius 3 is 2.56 bits per heavy atom. The van der Waals surface area contributed by atoms with Crippen LogP contribution >= 0.6 is 0 Å². The van der Waals surface area contributed by atoms with Gasteiger partial charge in [-0.05, 0) is 25.7 Å². The van der Waals surface area contributed by atoms with Gasteiger partial charge in [0.1, 0.15) is 6.10 Å². The number of esters is 1. The van der Waals surface area contributed by atoms with Gasteiger partial charge >= 0.3 is 5.97 Å². The molecule has 1 saturated heterocycles. The second kappa shape index (κ2) is 15.9. The summed E-state index contributed by atoms with van der Waals surface area (Å²) in [7, 11) is 1.40. The minimum absolute atomic E-state index is 0.0157. The molecule has 2 rings (SSSR count). The smallest absolute Gasteiger partial charge is 0.309 e. The van der Waals surface area contributed by atoms with Crippen LogP contribution in [0.5, 0.6) is 0 Å². The molecule has 11 nitrogen and oxygen atoms in total. The lowest BCUT2D eigenvalue weighted by molar-refractivity contribution is -0.263. The number of aliphatic hydroxyl groups excluding tert-OH is 2. The van der Waals surface area contributed by atoms with Crippen molar-refractivity contribution in [3.05, 3.63) is 0 Å². The predicted molar refractivity (Wildman–Crippen MR) is 113 cm³/mol. The first-order valence-electron chi connectivity index (χ1n) is 11.1. The molecular weight excluding hydrogens is 424 g/mol. The lowest BCUT2D eigenvalue weighted by atomic mass is 10.0. The molecular formula is C21H38N2O9. The van der Waals surface area contributed by atoms with E-state index in [4.69, 9.17) is 14.2 Å². The standard InChI is InChI=1S/C11H21NO6.C10H17NO3/c1-8-9(14)6-10(15)11(18-8)17-5-4-16-3-2-12-7-13;1-3-4-9(12)11-6-7-5-8(7)10(13)14-2/h7-11,14-15H,2-6H2,1H3,(H,12,13);7-8H,3-6H2,1-2H3,(H,11,12)/t8-,9?,10+,11?;/m0./s1. The summed E-state index contributed by atoms with van der Waals surface area (Å²) < 4.78 is 20.4. The molecule has 6 atom stereocenters. The summed E-state index contributed by atoms with van der Waals surface area (Å²) in [6.45, 7) is 5.80. The number of carbonyl (C=O) groups is 3. The Labute approximate surface area is 189 Å². The molecule has 4 N–H and O–H groups in total. The molecule has 0 aromatic rings. The summed E-state index contributed by atoms with van der Waals surface area (Å²) in [5.74, 6) is 0.230. The van der Waals surface area contributed by atoms with Crippen LogP contribution in [0, 0.1) is 11.8 Å². The third-order valence-electron chi connectivity index (χ3n) is 5.14. The fourth-order valence-electron chi connectivity index (χ4n) is 3.08. The first-order valence-corrected chi connectivity index (χ1v) is 11.1. The van der Waals surface area contributed by atoms with Crippen LogP contribution in [-0.4, -0.2) is 93.1 Å². The zero-order valence-electron chi connectivity index (χ0n) is 19.2. The Kier molecular flexibility index (Phi) is 14.1. The van der Waals surface area contributed by atoms with Crippen LogP contribution in [0.2, 0.25) is 0 Å². The van der Waals surface area contributed by atoms with Gasteiger partial charge < -0.3 is 39.8 Å². The monoisotopic (exact) mass is 462 g/mol. The van der Waals surface area contributed by atoms with Gasteiger partial charge in [0.2, 0.25) is 12.3 Å². The van der Waals surface area contributed by atoms with Gasteiger partial charge in [-0.1, -0.05) is 6.92 Å². The molecule has 11 heteroatoms. The lowest BCUT2D eigenvalue weighted by Gasteiger charge is -2.35. The van der Waals surface area contributed by atoms with Crippen LogP contribution in [0.15, 0.2) is 0 Å². The summed E-state index contributed by atoms with van der Waals surface area (Å²) in [6, 6.07) is 0. The van der Waals surface area contributed by atoms with E-state index in [0.29, 0.717) is 45.1 Å². The minimum Gasteiger partial charge on any atom is -0.469 e. The summed E-state index contributed by atoms with van der Waals surface area (Å²) in [5.41, 5.74) is 0. The molecule has 0 aromatic heterocycles. The Balaban J connectivity index is 0.000000330. The van der Waals surface area contributed by atoms with E-state index in [9.17, 15) is 24.6 Å². The van der Waals surface area contributed by atoms with Crippen molar-refractivity contribution in [2.24, 2.45) is 11.8 Å². The van der Waals surface area contributed by atoms with Gasteiger partial charge in [0.15, 0.2) is 6.29 Å². The fraction of sp³-hybridized carbons (Fsp3) is 0.857. The average molecular weight is 463 g/mol. The number of amides is 2. The number of rotatable bonds is 13. The Bertz CT molecular complexity index is 563. The SMILES string of the molecule is CCCC(=O)NCC1CC1C(=O)OC.C[C@@H]1OC(OCCOCCNC=O)[C@H](O)CC1O. The first-order chi connectivity index (χ1) is 15.3. The quantitative estimate of drug-likeness (QED) is 0.159. The summed E-state index contributed by atoms with van der Waals surface area (Å²) >= 11 is 0. The topological polar surface area (TPSA) is 153 Å². The zero-order chi connectivity index (χ0) is 23.9. The van der Waals surface area contributed by atoms with Crippen molar-refractivity contribution >= 4 is 18.3 Å². The van der Waals surface area contributed by atoms with E-state index < -0.39 is 18.5 Å². The minimum atomic E-state index is -0.826. The van der Waals surface area contributed by atoms with Gasteiger partial charge in [0.25, 0.3) is 0 Å². The largest absolute Gasteiger partial charge is 0.469 e. The summed E-state index contributed by atoms with van der Waals surface area (Å²) in [5, 5.41) is 24.4. The molecule has 32 heavy (non-hydrogen) atoms. The van der Waals surface area contributed by atoms with Crippen LogP contribution < -0.4 is 10.6 Å². The van der Waals surface area contributed by atoms with Crippen molar-refractivity contribution in [2.45, 2.75) is 64.1 Å². The zero-order valence-corrected chi connectivity index (χ0v) is 19.2. The molecule has 0 spiro atoms. The molecule has 2 fully saturated rings. The number of ether oxygens (including phenoxy) is 4. The lowest BCUT2D eigenvalue weighted by Crippen LogP contribution is -2.47.